The zero-order chi connectivity index (χ0) is 22.8. The third-order valence-corrected chi connectivity index (χ3v) is 8.05. The van der Waals surface area contributed by atoms with Crippen molar-refractivity contribution in [2.45, 2.75) is 43.9 Å². The molecule has 0 N–H and O–H groups in total. The Labute approximate surface area is 222 Å². The van der Waals surface area contributed by atoms with Crippen LogP contribution in [0.4, 0.5) is 0 Å². The summed E-state index contributed by atoms with van der Waals surface area (Å²) in [7, 11) is 0. The van der Waals surface area contributed by atoms with Gasteiger partial charge in [-0.1, -0.05) is 18.2 Å². The van der Waals surface area contributed by atoms with Gasteiger partial charge in [-0.25, -0.2) is 0 Å². The van der Waals surface area contributed by atoms with Crippen LogP contribution < -0.4 is 0 Å². The number of rotatable bonds is 3. The molecule has 0 aliphatic heterocycles. The van der Waals surface area contributed by atoms with Gasteiger partial charge in [0, 0.05) is 32.5 Å². The molecule has 2 nitrogen and oxygen atoms in total. The summed E-state index contributed by atoms with van der Waals surface area (Å²) in [5.74, 6) is 2.98. The first-order valence-corrected chi connectivity index (χ1v) is 12.6. The minimum absolute atomic E-state index is 0. The molecule has 179 valence electrons. The van der Waals surface area contributed by atoms with Crippen LogP contribution >= 0.6 is 0 Å². The minimum Gasteiger partial charge on any atom is -0.305 e. The van der Waals surface area contributed by atoms with Gasteiger partial charge in [0.1, 0.15) is 0 Å². The Kier molecular flexibility index (Phi) is 7.27. The first kappa shape index (κ1) is 24.1. The zero-order valence-electron chi connectivity index (χ0n) is 19.9. The van der Waals surface area contributed by atoms with Crippen LogP contribution in [0.2, 0.25) is 0 Å². The Morgan fingerprint density at radius 3 is 1.74 bits per heavy atom. The van der Waals surface area contributed by atoms with Crippen molar-refractivity contribution >= 4 is 0 Å². The largest absolute Gasteiger partial charge is 0.305 e. The molecule has 0 saturated heterocycles. The maximum atomic E-state index is 4.61. The number of pyridine rings is 2. The number of hydrogen-bond donors (Lipinski definition) is 0. The van der Waals surface area contributed by atoms with Crippen molar-refractivity contribution in [3.63, 3.8) is 0 Å². The van der Waals surface area contributed by atoms with Crippen molar-refractivity contribution in [3.05, 3.63) is 109 Å². The Hall–Kier alpha value is -2.61. The van der Waals surface area contributed by atoms with Crippen molar-refractivity contribution < 1.29 is 20.1 Å². The minimum atomic E-state index is 0. The van der Waals surface area contributed by atoms with Gasteiger partial charge in [-0.15, -0.1) is 71.8 Å². The van der Waals surface area contributed by atoms with Crippen LogP contribution in [0.1, 0.15) is 44.1 Å². The Morgan fingerprint density at radius 1 is 0.629 bits per heavy atom. The molecule has 4 aliphatic carbocycles. The fourth-order valence-corrected chi connectivity index (χ4v) is 7.00. The topological polar surface area (TPSA) is 25.8 Å². The van der Waals surface area contributed by atoms with E-state index in [0.717, 1.165) is 40.3 Å². The third-order valence-electron chi connectivity index (χ3n) is 8.05. The van der Waals surface area contributed by atoms with Crippen LogP contribution in [0.3, 0.4) is 0 Å². The SMILES string of the molecule is [Ir].[c-]1ccccc1-c1cc(C23CC4CC(CC(C4)C2)C3)ccn1.[c-]1ccccc1-c1ccccn1. The predicted octanol–water partition coefficient (Wildman–Crippen LogP) is 7.56. The van der Waals surface area contributed by atoms with E-state index in [1.54, 1.807) is 11.8 Å². The summed E-state index contributed by atoms with van der Waals surface area (Å²) in [5.41, 5.74) is 6.23. The average molecular weight is 635 g/mol. The second-order valence-corrected chi connectivity index (χ2v) is 10.4. The van der Waals surface area contributed by atoms with E-state index >= 15 is 0 Å². The van der Waals surface area contributed by atoms with Gasteiger partial charge in [0.2, 0.25) is 0 Å². The van der Waals surface area contributed by atoms with Crippen molar-refractivity contribution in [1.29, 1.82) is 0 Å². The van der Waals surface area contributed by atoms with Crippen LogP contribution in [-0.4, -0.2) is 9.97 Å². The van der Waals surface area contributed by atoms with Crippen molar-refractivity contribution in [3.8, 4) is 22.5 Å². The summed E-state index contributed by atoms with van der Waals surface area (Å²) in [5, 5.41) is 0. The summed E-state index contributed by atoms with van der Waals surface area (Å²) in [6.45, 7) is 0. The maximum Gasteiger partial charge on any atom is 0.0163 e. The first-order chi connectivity index (χ1) is 16.8. The molecule has 4 aliphatic rings. The van der Waals surface area contributed by atoms with E-state index in [9.17, 15) is 0 Å². The summed E-state index contributed by atoms with van der Waals surface area (Å²) >= 11 is 0. The van der Waals surface area contributed by atoms with E-state index in [-0.39, 0.29) is 20.1 Å². The maximum absolute atomic E-state index is 4.61. The summed E-state index contributed by atoms with van der Waals surface area (Å²) < 4.78 is 0. The van der Waals surface area contributed by atoms with Crippen LogP contribution in [0.15, 0.2) is 91.3 Å². The molecule has 1 radical (unpaired) electrons. The van der Waals surface area contributed by atoms with E-state index in [0.29, 0.717) is 5.41 Å². The molecule has 0 unspecified atom stereocenters. The monoisotopic (exact) mass is 635 g/mol. The summed E-state index contributed by atoms with van der Waals surface area (Å²) in [6.07, 6.45) is 12.6. The van der Waals surface area contributed by atoms with Gasteiger partial charge in [-0.3, -0.25) is 0 Å². The average Bonchev–Trinajstić information content (AvgIpc) is 2.90. The molecule has 2 aromatic carbocycles. The predicted molar refractivity (Wildman–Crippen MR) is 137 cm³/mol. The summed E-state index contributed by atoms with van der Waals surface area (Å²) in [6, 6.07) is 33.0. The van der Waals surface area contributed by atoms with Crippen molar-refractivity contribution in [1.82, 2.24) is 9.97 Å². The molecule has 0 atom stereocenters. The van der Waals surface area contributed by atoms with E-state index in [1.807, 2.05) is 60.8 Å². The molecule has 2 aromatic heterocycles. The molecular weight excluding hydrogens is 605 g/mol. The van der Waals surface area contributed by atoms with Crippen molar-refractivity contribution in [2.24, 2.45) is 17.8 Å². The van der Waals surface area contributed by atoms with Crippen molar-refractivity contribution in [2.75, 3.05) is 0 Å². The van der Waals surface area contributed by atoms with Crippen LogP contribution in [0.5, 0.6) is 0 Å². The molecule has 3 heteroatoms. The van der Waals surface area contributed by atoms with Gasteiger partial charge in [0.05, 0.1) is 0 Å². The molecular formula is C32H30IrN2-2. The summed E-state index contributed by atoms with van der Waals surface area (Å²) in [4.78, 5) is 8.82. The Bertz CT molecular complexity index is 1150. The third kappa shape index (κ3) is 5.17. The van der Waals surface area contributed by atoms with Gasteiger partial charge in [0.25, 0.3) is 0 Å². The van der Waals surface area contributed by atoms with Crippen LogP contribution in [-0.2, 0) is 25.5 Å². The quantitative estimate of drug-likeness (QED) is 0.218. The van der Waals surface area contributed by atoms with Gasteiger partial charge in [-0.2, -0.15) is 0 Å². The molecule has 4 saturated carbocycles. The molecule has 8 rings (SSSR count). The number of nitrogens with zero attached hydrogens (tertiary/aromatic N) is 2. The molecule has 0 spiro atoms. The van der Waals surface area contributed by atoms with Crippen LogP contribution in [0.25, 0.3) is 22.5 Å². The molecule has 35 heavy (non-hydrogen) atoms. The van der Waals surface area contributed by atoms with Gasteiger partial charge < -0.3 is 9.97 Å². The number of aromatic nitrogens is 2. The standard InChI is InChI=1S/C21H22N.C11H8N.Ir/c1-2-4-18(5-3-1)20-11-19(6-7-22-20)21-12-15-8-16(13-21)10-17(9-15)14-21;1-2-6-10(7-3-1)11-8-4-5-9-12-11;/h1-4,6-7,11,15-17H,8-10,12-14H2;1-6,8-9H;/q2*-1;. The van der Waals surface area contributed by atoms with Gasteiger partial charge in [0.15, 0.2) is 0 Å². The molecule has 2 heterocycles. The first-order valence-electron chi connectivity index (χ1n) is 12.6. The Balaban J connectivity index is 0.000000167. The molecule has 4 bridgehead atoms. The second kappa shape index (κ2) is 10.6. The second-order valence-electron chi connectivity index (χ2n) is 10.4. The van der Waals surface area contributed by atoms with E-state index in [4.69, 9.17) is 0 Å². The van der Waals surface area contributed by atoms with E-state index in [2.05, 4.69) is 46.4 Å². The number of hydrogen-bond acceptors (Lipinski definition) is 2. The smallest absolute Gasteiger partial charge is 0.0163 e. The normalized spacial score (nSPS) is 25.8. The fourth-order valence-electron chi connectivity index (χ4n) is 7.00. The molecule has 4 fully saturated rings. The Morgan fingerprint density at radius 2 is 1.20 bits per heavy atom. The van der Waals surface area contributed by atoms with E-state index in [1.165, 1.54) is 38.5 Å². The van der Waals surface area contributed by atoms with Gasteiger partial charge >= 0.3 is 0 Å². The molecule has 0 amide bonds. The molecule has 4 aromatic rings. The zero-order valence-corrected chi connectivity index (χ0v) is 22.3. The number of benzene rings is 2. The van der Waals surface area contributed by atoms with E-state index < -0.39 is 0 Å². The van der Waals surface area contributed by atoms with Crippen LogP contribution in [0, 0.1) is 29.9 Å². The van der Waals surface area contributed by atoms with Gasteiger partial charge in [-0.05, 0) is 90.8 Å². The fraction of sp³-hybridized carbons (Fsp3) is 0.312.